The number of pyridine rings is 1. The number of H-pyrrole nitrogens is 1. The quantitative estimate of drug-likeness (QED) is 0.533. The fourth-order valence-electron chi connectivity index (χ4n) is 4.82. The van der Waals surface area contributed by atoms with E-state index in [1.54, 1.807) is 0 Å². The van der Waals surface area contributed by atoms with E-state index in [-0.39, 0.29) is 0 Å². The molecular weight excluding hydrogens is 380 g/mol. The van der Waals surface area contributed by atoms with Gasteiger partial charge in [0.1, 0.15) is 5.82 Å². The van der Waals surface area contributed by atoms with Gasteiger partial charge in [-0.15, -0.1) is 0 Å². The Hall–Kier alpha value is -2.88. The number of aromatic amines is 1. The molecule has 2 aromatic heterocycles. The summed E-state index contributed by atoms with van der Waals surface area (Å²) < 4.78 is 0. The monoisotopic (exact) mass is 414 g/mol. The molecule has 1 aliphatic rings. The average Bonchev–Trinajstić information content (AvgIpc) is 3.26. The van der Waals surface area contributed by atoms with Gasteiger partial charge in [0.05, 0.1) is 0 Å². The molecule has 0 amide bonds. The Morgan fingerprint density at radius 2 is 2.00 bits per heavy atom. The summed E-state index contributed by atoms with van der Waals surface area (Å²) in [7, 11) is 1.93. The SMILES string of the molecule is CC/C(=C1/CN(c2ncc(C(C)C)cc2C)CC/C1=N/C)c1ccc(C)c2[nH]ccc12. The normalized spacial score (nSPS) is 17.8. The van der Waals surface area contributed by atoms with Crippen LogP contribution in [0.1, 0.15) is 61.8 Å². The van der Waals surface area contributed by atoms with E-state index in [2.05, 4.69) is 68.8 Å². The summed E-state index contributed by atoms with van der Waals surface area (Å²) in [5.41, 5.74) is 10.4. The van der Waals surface area contributed by atoms with Gasteiger partial charge in [-0.2, -0.15) is 0 Å². The third kappa shape index (κ3) is 3.91. The van der Waals surface area contributed by atoms with Gasteiger partial charge in [0.25, 0.3) is 0 Å². The van der Waals surface area contributed by atoms with Crippen molar-refractivity contribution in [2.24, 2.45) is 4.99 Å². The number of benzene rings is 1. The molecule has 1 saturated heterocycles. The summed E-state index contributed by atoms with van der Waals surface area (Å²) in [6.07, 6.45) is 6.02. The van der Waals surface area contributed by atoms with E-state index < -0.39 is 0 Å². The zero-order valence-corrected chi connectivity index (χ0v) is 19.7. The van der Waals surface area contributed by atoms with Crippen LogP contribution in [-0.4, -0.2) is 35.8 Å². The van der Waals surface area contributed by atoms with E-state index in [0.717, 1.165) is 31.7 Å². The van der Waals surface area contributed by atoms with Crippen molar-refractivity contribution in [2.75, 3.05) is 25.0 Å². The van der Waals surface area contributed by atoms with E-state index in [0.29, 0.717) is 5.92 Å². The molecule has 3 heterocycles. The third-order valence-electron chi connectivity index (χ3n) is 6.60. The van der Waals surface area contributed by atoms with Crippen molar-refractivity contribution in [3.8, 4) is 0 Å². The largest absolute Gasteiger partial charge is 0.361 e. The molecule has 4 heteroatoms. The maximum absolute atomic E-state index is 4.88. The van der Waals surface area contributed by atoms with E-state index in [9.17, 15) is 0 Å². The second kappa shape index (κ2) is 8.70. The van der Waals surface area contributed by atoms with Crippen molar-refractivity contribution >= 4 is 28.0 Å². The van der Waals surface area contributed by atoms with Gasteiger partial charge in [-0.1, -0.05) is 39.0 Å². The summed E-state index contributed by atoms with van der Waals surface area (Å²) in [5.74, 6) is 1.59. The lowest BCUT2D eigenvalue weighted by atomic mass is 9.88. The van der Waals surface area contributed by atoms with Gasteiger partial charge >= 0.3 is 0 Å². The Bertz CT molecular complexity index is 1160. The molecule has 0 bridgehead atoms. The number of anilines is 1. The zero-order chi connectivity index (χ0) is 22.1. The number of aliphatic imine (C=N–C) groups is 1. The standard InChI is InChI=1S/C27H34N4/c1-7-21(22-9-8-18(4)26-23(22)10-12-29-26)24-16-31(13-11-25(24)28-6)27-19(5)14-20(15-30-27)17(2)3/h8-10,12,14-15,17,29H,7,11,13,16H2,1-6H3/b24-21+,28-25-. The molecule has 1 aliphatic heterocycles. The molecular formula is C27H34N4. The summed E-state index contributed by atoms with van der Waals surface area (Å²) in [6, 6.07) is 9.01. The van der Waals surface area contributed by atoms with Crippen LogP contribution < -0.4 is 4.90 Å². The van der Waals surface area contributed by atoms with Crippen molar-refractivity contribution in [1.29, 1.82) is 0 Å². The lowest BCUT2D eigenvalue weighted by Crippen LogP contribution is -2.37. The second-order valence-corrected chi connectivity index (χ2v) is 8.91. The number of fused-ring (bicyclic) bond motifs is 1. The van der Waals surface area contributed by atoms with Crippen molar-refractivity contribution in [1.82, 2.24) is 9.97 Å². The van der Waals surface area contributed by atoms with Gasteiger partial charge < -0.3 is 9.88 Å². The van der Waals surface area contributed by atoms with Crippen LogP contribution in [0, 0.1) is 13.8 Å². The van der Waals surface area contributed by atoms with Crippen LogP contribution in [0.3, 0.4) is 0 Å². The van der Waals surface area contributed by atoms with Crippen molar-refractivity contribution in [2.45, 2.75) is 53.4 Å². The fraction of sp³-hybridized carbons (Fsp3) is 0.407. The summed E-state index contributed by atoms with van der Waals surface area (Å²) in [6.45, 7) is 12.9. The molecule has 31 heavy (non-hydrogen) atoms. The van der Waals surface area contributed by atoms with Crippen LogP contribution in [0.15, 0.2) is 47.2 Å². The molecule has 1 fully saturated rings. The number of nitrogens with one attached hydrogen (secondary N) is 1. The lowest BCUT2D eigenvalue weighted by molar-refractivity contribution is 0.794. The van der Waals surface area contributed by atoms with Crippen LogP contribution in [0.4, 0.5) is 5.82 Å². The van der Waals surface area contributed by atoms with E-state index in [1.165, 1.54) is 50.0 Å². The van der Waals surface area contributed by atoms with Crippen molar-refractivity contribution in [3.63, 3.8) is 0 Å². The van der Waals surface area contributed by atoms with Crippen molar-refractivity contribution < 1.29 is 0 Å². The van der Waals surface area contributed by atoms with E-state index in [4.69, 9.17) is 9.98 Å². The maximum Gasteiger partial charge on any atom is 0.131 e. The molecule has 1 N–H and O–H groups in total. The molecule has 0 unspecified atom stereocenters. The number of nitrogens with zero attached hydrogens (tertiary/aromatic N) is 3. The number of allylic oxidation sites excluding steroid dienone is 1. The summed E-state index contributed by atoms with van der Waals surface area (Å²) in [4.78, 5) is 15.4. The van der Waals surface area contributed by atoms with Gasteiger partial charge in [0.15, 0.2) is 0 Å². The van der Waals surface area contributed by atoms with Gasteiger partial charge in [-0.25, -0.2) is 4.98 Å². The van der Waals surface area contributed by atoms with E-state index >= 15 is 0 Å². The first-order valence-electron chi connectivity index (χ1n) is 11.4. The van der Waals surface area contributed by atoms with Crippen LogP contribution >= 0.6 is 0 Å². The molecule has 0 atom stereocenters. The first kappa shape index (κ1) is 21.4. The first-order chi connectivity index (χ1) is 14.9. The third-order valence-corrected chi connectivity index (χ3v) is 6.60. The molecule has 0 spiro atoms. The minimum absolute atomic E-state index is 0.493. The minimum atomic E-state index is 0.493. The lowest BCUT2D eigenvalue weighted by Gasteiger charge is -2.33. The van der Waals surface area contributed by atoms with Gasteiger partial charge in [0.2, 0.25) is 0 Å². The number of hydrogen-bond donors (Lipinski definition) is 1. The first-order valence-corrected chi connectivity index (χ1v) is 11.4. The molecule has 4 rings (SSSR count). The Labute approximate surface area is 186 Å². The topological polar surface area (TPSA) is 44.3 Å². The Balaban J connectivity index is 1.80. The number of piperidine rings is 1. The molecule has 0 saturated carbocycles. The summed E-state index contributed by atoms with van der Waals surface area (Å²) in [5, 5.41) is 1.30. The highest BCUT2D eigenvalue weighted by atomic mass is 15.2. The van der Waals surface area contributed by atoms with Crippen LogP contribution in [0.5, 0.6) is 0 Å². The average molecular weight is 415 g/mol. The molecule has 0 radical (unpaired) electrons. The molecule has 3 aromatic rings. The molecule has 162 valence electrons. The molecule has 1 aromatic carbocycles. The van der Waals surface area contributed by atoms with E-state index in [1.807, 2.05) is 19.4 Å². The number of aryl methyl sites for hydroxylation is 2. The maximum atomic E-state index is 4.88. The predicted octanol–water partition coefficient (Wildman–Crippen LogP) is 6.45. The Morgan fingerprint density at radius 1 is 1.19 bits per heavy atom. The highest BCUT2D eigenvalue weighted by Crippen LogP contribution is 2.34. The summed E-state index contributed by atoms with van der Waals surface area (Å²) >= 11 is 0. The highest BCUT2D eigenvalue weighted by Gasteiger charge is 2.25. The number of hydrogen-bond acceptors (Lipinski definition) is 3. The zero-order valence-electron chi connectivity index (χ0n) is 19.7. The van der Waals surface area contributed by atoms with Gasteiger partial charge in [-0.05, 0) is 65.7 Å². The van der Waals surface area contributed by atoms with Gasteiger partial charge in [0, 0.05) is 55.6 Å². The molecule has 0 aliphatic carbocycles. The van der Waals surface area contributed by atoms with Crippen LogP contribution in [-0.2, 0) is 0 Å². The van der Waals surface area contributed by atoms with Gasteiger partial charge in [-0.3, -0.25) is 4.99 Å². The fourth-order valence-corrected chi connectivity index (χ4v) is 4.82. The number of rotatable bonds is 4. The van der Waals surface area contributed by atoms with Crippen LogP contribution in [0.2, 0.25) is 0 Å². The van der Waals surface area contributed by atoms with Crippen molar-refractivity contribution in [3.05, 3.63) is 64.5 Å². The Morgan fingerprint density at radius 3 is 2.68 bits per heavy atom. The highest BCUT2D eigenvalue weighted by molar-refractivity contribution is 6.10. The second-order valence-electron chi connectivity index (χ2n) is 8.91. The minimum Gasteiger partial charge on any atom is -0.361 e. The molecule has 4 nitrogen and oxygen atoms in total. The number of aromatic nitrogens is 2. The smallest absolute Gasteiger partial charge is 0.131 e. The van der Waals surface area contributed by atoms with Crippen LogP contribution in [0.25, 0.3) is 16.5 Å². The Kier molecular flexibility index (Phi) is 5.99. The predicted molar refractivity (Wildman–Crippen MR) is 133 cm³/mol.